The van der Waals surface area contributed by atoms with E-state index < -0.39 is 5.92 Å². The van der Waals surface area contributed by atoms with Crippen LogP contribution in [0.5, 0.6) is 5.75 Å². The first kappa shape index (κ1) is 26.8. The molecule has 4 aromatic rings. The third-order valence-electron chi connectivity index (χ3n) is 8.81. The van der Waals surface area contributed by atoms with Crippen molar-refractivity contribution in [2.24, 2.45) is 0 Å². The molecule has 0 amide bonds. The van der Waals surface area contributed by atoms with Crippen molar-refractivity contribution >= 4 is 5.65 Å². The number of hydrogen-bond acceptors (Lipinski definition) is 6. The topological polar surface area (TPSA) is 84.2 Å². The maximum atomic E-state index is 13.6. The van der Waals surface area contributed by atoms with E-state index >= 15 is 0 Å². The second-order valence-electron chi connectivity index (χ2n) is 11.7. The van der Waals surface area contributed by atoms with Gasteiger partial charge >= 0.3 is 0 Å². The molecule has 0 aromatic carbocycles. The molecule has 1 aliphatic heterocycles. The zero-order valence-corrected chi connectivity index (χ0v) is 23.6. The Labute approximate surface area is 233 Å². The normalized spacial score (nSPS) is 21.8. The van der Waals surface area contributed by atoms with Gasteiger partial charge in [0.25, 0.3) is 5.92 Å². The highest BCUT2D eigenvalue weighted by Gasteiger charge is 2.37. The molecule has 2 fully saturated rings. The van der Waals surface area contributed by atoms with Crippen molar-refractivity contribution in [3.05, 3.63) is 47.5 Å². The lowest BCUT2D eigenvalue weighted by molar-refractivity contribution is -0.0659. The Hall–Kier alpha value is -3.40. The average Bonchev–Trinajstić information content (AvgIpc) is 3.60. The number of halogens is 2. The summed E-state index contributed by atoms with van der Waals surface area (Å²) in [6, 6.07) is 4.54. The summed E-state index contributed by atoms with van der Waals surface area (Å²) in [4.78, 5) is 11.5. The highest BCUT2D eigenvalue weighted by atomic mass is 19.3. The van der Waals surface area contributed by atoms with Gasteiger partial charge in [-0.05, 0) is 67.7 Å². The number of aromatic nitrogens is 6. The van der Waals surface area contributed by atoms with Crippen LogP contribution in [0.3, 0.4) is 0 Å². The van der Waals surface area contributed by atoms with Gasteiger partial charge in [-0.15, -0.1) is 0 Å². The molecule has 1 saturated heterocycles. The van der Waals surface area contributed by atoms with E-state index in [0.29, 0.717) is 36.4 Å². The Morgan fingerprint density at radius 1 is 1.07 bits per heavy atom. The van der Waals surface area contributed by atoms with E-state index in [1.54, 1.807) is 11.6 Å². The molecule has 1 aliphatic carbocycles. The van der Waals surface area contributed by atoms with Gasteiger partial charge in [0.05, 0.1) is 24.2 Å². The highest BCUT2D eigenvalue weighted by molar-refractivity contribution is 5.75. The fraction of sp³-hybridized carbons (Fsp3) is 0.533. The van der Waals surface area contributed by atoms with Gasteiger partial charge in [0.15, 0.2) is 11.4 Å². The van der Waals surface area contributed by atoms with Crippen molar-refractivity contribution in [3.63, 3.8) is 0 Å². The number of piperidine rings is 1. The molecule has 1 saturated carbocycles. The molecule has 1 N–H and O–H groups in total. The number of aryl methyl sites for hydroxylation is 1. The Bertz CT molecular complexity index is 1490. The quantitative estimate of drug-likeness (QED) is 0.301. The second-order valence-corrected chi connectivity index (χ2v) is 11.7. The Balaban J connectivity index is 1.22. The Morgan fingerprint density at radius 2 is 1.82 bits per heavy atom. The predicted molar refractivity (Wildman–Crippen MR) is 150 cm³/mol. The lowest BCUT2D eigenvalue weighted by atomic mass is 9.80. The molecule has 0 atom stereocenters. The van der Waals surface area contributed by atoms with E-state index in [9.17, 15) is 8.78 Å². The van der Waals surface area contributed by atoms with Crippen LogP contribution in [0.1, 0.15) is 80.9 Å². The van der Waals surface area contributed by atoms with Gasteiger partial charge in [-0.1, -0.05) is 13.8 Å². The molecule has 8 nitrogen and oxygen atoms in total. The monoisotopic (exact) mass is 549 g/mol. The largest absolute Gasteiger partial charge is 0.493 e. The first-order valence-corrected chi connectivity index (χ1v) is 14.3. The third kappa shape index (κ3) is 4.98. The molecule has 0 spiro atoms. The summed E-state index contributed by atoms with van der Waals surface area (Å²) >= 11 is 0. The molecular weight excluding hydrogens is 512 g/mol. The van der Waals surface area contributed by atoms with Gasteiger partial charge in [0.2, 0.25) is 0 Å². The van der Waals surface area contributed by atoms with Crippen molar-refractivity contribution < 1.29 is 13.5 Å². The molecule has 2 aliphatic rings. The molecule has 6 rings (SSSR count). The summed E-state index contributed by atoms with van der Waals surface area (Å²) in [5.74, 6) is -1.19. The third-order valence-corrected chi connectivity index (χ3v) is 8.81. The molecule has 0 bridgehead atoms. The van der Waals surface area contributed by atoms with Crippen LogP contribution in [-0.4, -0.2) is 66.8 Å². The van der Waals surface area contributed by atoms with E-state index in [2.05, 4.69) is 46.9 Å². The molecule has 0 unspecified atom stereocenters. The van der Waals surface area contributed by atoms with E-state index in [1.807, 2.05) is 18.5 Å². The predicted octanol–water partition coefficient (Wildman–Crippen LogP) is 6.38. The standard InChI is InChI=1S/C30H37F2N7O/c1-18(2)26-27(21-14-25(40-4)29-34-17-35-39(29)16-21)36-37-28(26)24-13-19(3)23(15-33-24)20-5-7-22(8-6-20)38-11-9-30(31,32)10-12-38/h13-18,20,22H,5-12H2,1-4H3,(H,36,37). The Kier molecular flexibility index (Phi) is 7.06. The summed E-state index contributed by atoms with van der Waals surface area (Å²) in [5.41, 5.74) is 7.80. The summed E-state index contributed by atoms with van der Waals surface area (Å²) in [7, 11) is 1.63. The lowest BCUT2D eigenvalue weighted by Crippen LogP contribution is -2.46. The molecule has 4 aromatic heterocycles. The minimum Gasteiger partial charge on any atom is -0.493 e. The van der Waals surface area contributed by atoms with Crippen LogP contribution in [0.15, 0.2) is 30.9 Å². The first-order chi connectivity index (χ1) is 19.2. The molecule has 10 heteroatoms. The molecule has 0 radical (unpaired) electrons. The van der Waals surface area contributed by atoms with Crippen molar-refractivity contribution in [1.82, 2.24) is 34.7 Å². The number of methoxy groups -OCH3 is 1. The van der Waals surface area contributed by atoms with Crippen molar-refractivity contribution in [3.8, 4) is 28.4 Å². The summed E-state index contributed by atoms with van der Waals surface area (Å²) < 4.78 is 34.5. The van der Waals surface area contributed by atoms with E-state index in [-0.39, 0.29) is 18.8 Å². The van der Waals surface area contributed by atoms with Gasteiger partial charge in [0, 0.05) is 55.5 Å². The number of alkyl halides is 2. The number of H-pyrrole nitrogens is 1. The van der Waals surface area contributed by atoms with Crippen LogP contribution in [0.25, 0.3) is 28.3 Å². The zero-order valence-electron chi connectivity index (χ0n) is 23.6. The van der Waals surface area contributed by atoms with Gasteiger partial charge in [-0.2, -0.15) is 10.2 Å². The van der Waals surface area contributed by atoms with Crippen LogP contribution in [0, 0.1) is 6.92 Å². The zero-order chi connectivity index (χ0) is 28.0. The van der Waals surface area contributed by atoms with Crippen LogP contribution in [0.4, 0.5) is 8.78 Å². The minimum absolute atomic E-state index is 0.00625. The number of aromatic amines is 1. The number of pyridine rings is 2. The number of fused-ring (bicyclic) bond motifs is 1. The van der Waals surface area contributed by atoms with Gasteiger partial charge < -0.3 is 4.74 Å². The molecule has 212 valence electrons. The fourth-order valence-corrected chi connectivity index (χ4v) is 6.60. The molecule has 40 heavy (non-hydrogen) atoms. The fourth-order valence-electron chi connectivity index (χ4n) is 6.60. The highest BCUT2D eigenvalue weighted by Crippen LogP contribution is 2.40. The summed E-state index contributed by atoms with van der Waals surface area (Å²) in [6.07, 6.45) is 9.69. The van der Waals surface area contributed by atoms with Crippen LogP contribution >= 0.6 is 0 Å². The van der Waals surface area contributed by atoms with Crippen LogP contribution in [0.2, 0.25) is 0 Å². The van der Waals surface area contributed by atoms with Crippen molar-refractivity contribution in [2.75, 3.05) is 20.2 Å². The smallest absolute Gasteiger partial charge is 0.250 e. The van der Waals surface area contributed by atoms with E-state index in [1.165, 1.54) is 17.5 Å². The average molecular weight is 550 g/mol. The Morgan fingerprint density at radius 3 is 2.50 bits per heavy atom. The SMILES string of the molecule is COc1cc(-c2n[nH]c(-c3cc(C)c(C4CCC(N5CCC(F)(F)CC5)CC4)cn3)c2C(C)C)cn2ncnc12. The number of likely N-dealkylation sites (tertiary alicyclic amines) is 1. The number of nitrogens with zero attached hydrogens (tertiary/aromatic N) is 6. The lowest BCUT2D eigenvalue weighted by Gasteiger charge is -2.41. The van der Waals surface area contributed by atoms with Crippen molar-refractivity contribution in [1.29, 1.82) is 0 Å². The number of hydrogen-bond donors (Lipinski definition) is 1. The number of ether oxygens (including phenoxy) is 1. The molecular formula is C30H37F2N7O. The van der Waals surface area contributed by atoms with Gasteiger partial charge in [-0.3, -0.25) is 15.0 Å². The number of nitrogens with one attached hydrogen (secondary N) is 1. The van der Waals surface area contributed by atoms with E-state index in [4.69, 9.17) is 14.8 Å². The van der Waals surface area contributed by atoms with Gasteiger partial charge in [0.1, 0.15) is 6.33 Å². The maximum Gasteiger partial charge on any atom is 0.250 e. The first-order valence-electron chi connectivity index (χ1n) is 14.3. The number of rotatable bonds is 6. The van der Waals surface area contributed by atoms with E-state index in [0.717, 1.165) is 53.9 Å². The summed E-state index contributed by atoms with van der Waals surface area (Å²) in [5, 5.41) is 12.3. The summed E-state index contributed by atoms with van der Waals surface area (Å²) in [6.45, 7) is 7.51. The van der Waals surface area contributed by atoms with Crippen LogP contribution < -0.4 is 4.74 Å². The van der Waals surface area contributed by atoms with Crippen LogP contribution in [-0.2, 0) is 0 Å². The van der Waals surface area contributed by atoms with Gasteiger partial charge in [-0.25, -0.2) is 18.3 Å². The molecule has 5 heterocycles. The second kappa shape index (κ2) is 10.5. The maximum absolute atomic E-state index is 13.6. The minimum atomic E-state index is -2.49. The van der Waals surface area contributed by atoms with Crippen molar-refractivity contribution in [2.45, 2.75) is 83.1 Å².